The van der Waals surface area contributed by atoms with Crippen molar-refractivity contribution < 1.29 is 8.42 Å². The normalized spacial score (nSPS) is 18.8. The number of primary sulfonamides is 1. The van der Waals surface area contributed by atoms with Gasteiger partial charge >= 0.3 is 0 Å². The van der Waals surface area contributed by atoms with Crippen LogP contribution in [0.2, 0.25) is 0 Å². The summed E-state index contributed by atoms with van der Waals surface area (Å²) in [7, 11) is -3.68. The maximum Gasteiger partial charge on any atom is 0.238 e. The van der Waals surface area contributed by atoms with Crippen LogP contribution in [-0.2, 0) is 16.6 Å². The molecule has 1 heterocycles. The van der Waals surface area contributed by atoms with E-state index in [2.05, 4.69) is 15.3 Å². The third kappa shape index (κ3) is 5.42. The Balaban J connectivity index is 0.00000169. The van der Waals surface area contributed by atoms with E-state index in [-0.39, 0.29) is 41.7 Å². The average molecular weight is 421 g/mol. The van der Waals surface area contributed by atoms with Crippen LogP contribution >= 0.6 is 24.8 Å². The van der Waals surface area contributed by atoms with Crippen LogP contribution in [-0.4, -0.2) is 24.4 Å². The lowest BCUT2D eigenvalue weighted by Crippen LogP contribution is -2.35. The Morgan fingerprint density at radius 1 is 1.12 bits per heavy atom. The second kappa shape index (κ2) is 8.83. The number of halogens is 2. The molecule has 1 aliphatic rings. The molecule has 1 aromatic carbocycles. The molecule has 3 rings (SSSR count). The lowest BCUT2D eigenvalue weighted by atomic mass is 9.78. The Morgan fingerprint density at radius 3 is 2.27 bits per heavy atom. The number of hydrogen-bond acceptors (Lipinski definition) is 7. The van der Waals surface area contributed by atoms with Crippen molar-refractivity contribution in [3.8, 4) is 0 Å². The van der Waals surface area contributed by atoms with Crippen LogP contribution in [0.15, 0.2) is 35.2 Å². The smallest absolute Gasteiger partial charge is 0.238 e. The summed E-state index contributed by atoms with van der Waals surface area (Å²) >= 11 is 0. The van der Waals surface area contributed by atoms with Gasteiger partial charge in [0.25, 0.3) is 0 Å². The summed E-state index contributed by atoms with van der Waals surface area (Å²) in [6.45, 7) is 0.477. The first-order valence-corrected chi connectivity index (χ1v) is 9.11. The van der Waals surface area contributed by atoms with E-state index in [0.717, 1.165) is 24.1 Å². The van der Waals surface area contributed by atoms with E-state index >= 15 is 0 Å². The zero-order valence-corrected chi connectivity index (χ0v) is 16.3. The number of hydrogen-bond donors (Lipinski definition) is 4. The molecule has 8 nitrogen and oxygen atoms in total. The summed E-state index contributed by atoms with van der Waals surface area (Å²) in [5, 5.41) is 8.25. The fourth-order valence-electron chi connectivity index (χ4n) is 2.68. The summed E-state index contributed by atoms with van der Waals surface area (Å²) in [5.41, 5.74) is 13.4. The fraction of sp³-hybridized carbons (Fsp3) is 0.333. The van der Waals surface area contributed by atoms with E-state index in [0.29, 0.717) is 18.3 Å². The monoisotopic (exact) mass is 420 g/mol. The molecule has 0 amide bonds. The number of nitrogens with two attached hydrogens (primary N) is 3. The molecule has 2 aromatic rings. The Hall–Kier alpha value is -1.65. The molecule has 1 aromatic heterocycles. The highest BCUT2D eigenvalue weighted by Gasteiger charge is 2.29. The van der Waals surface area contributed by atoms with Crippen molar-refractivity contribution in [2.75, 3.05) is 11.1 Å². The van der Waals surface area contributed by atoms with E-state index in [1.807, 2.05) is 6.07 Å². The number of anilines is 2. The minimum absolute atomic E-state index is 0. The molecule has 1 aliphatic carbocycles. The largest absolute Gasteiger partial charge is 0.368 e. The van der Waals surface area contributed by atoms with Gasteiger partial charge in [-0.05, 0) is 30.5 Å². The van der Waals surface area contributed by atoms with E-state index in [9.17, 15) is 8.42 Å². The molecule has 144 valence electrons. The Labute approximate surface area is 164 Å². The van der Waals surface area contributed by atoms with Crippen LogP contribution < -0.4 is 21.9 Å². The van der Waals surface area contributed by atoms with E-state index in [1.165, 1.54) is 12.1 Å². The molecule has 0 bridgehead atoms. The van der Waals surface area contributed by atoms with Crippen molar-refractivity contribution in [3.05, 3.63) is 41.6 Å². The van der Waals surface area contributed by atoms with Crippen molar-refractivity contribution in [2.24, 2.45) is 10.9 Å². The molecule has 0 atom stereocenters. The molecule has 1 fully saturated rings. The summed E-state index contributed by atoms with van der Waals surface area (Å²) in [6.07, 6.45) is 1.82. The zero-order valence-electron chi connectivity index (χ0n) is 13.8. The van der Waals surface area contributed by atoms with Gasteiger partial charge in [0, 0.05) is 24.6 Å². The van der Waals surface area contributed by atoms with Gasteiger partial charge < -0.3 is 16.8 Å². The second-order valence-electron chi connectivity index (χ2n) is 6.01. The van der Waals surface area contributed by atoms with Crippen LogP contribution in [0.1, 0.15) is 30.0 Å². The molecular formula is C15H22Cl2N6O2S. The molecule has 0 radical (unpaired) electrons. The highest BCUT2D eigenvalue weighted by atomic mass is 35.5. The summed E-state index contributed by atoms with van der Waals surface area (Å²) in [6, 6.07) is 8.46. The maximum absolute atomic E-state index is 11.2. The van der Waals surface area contributed by atoms with Crippen LogP contribution in [0.3, 0.4) is 0 Å². The maximum atomic E-state index is 11.2. The van der Waals surface area contributed by atoms with Gasteiger partial charge in [-0.3, -0.25) is 0 Å². The van der Waals surface area contributed by atoms with Gasteiger partial charge in [-0.15, -0.1) is 24.8 Å². The summed E-state index contributed by atoms with van der Waals surface area (Å²) < 4.78 is 22.5. The van der Waals surface area contributed by atoms with Gasteiger partial charge in [-0.25, -0.2) is 18.5 Å². The van der Waals surface area contributed by atoms with Crippen molar-refractivity contribution in [1.82, 2.24) is 9.97 Å². The van der Waals surface area contributed by atoms with Crippen molar-refractivity contribution in [2.45, 2.75) is 36.2 Å². The number of benzene rings is 1. The SMILES string of the molecule is Cl.Cl.Nc1nc(NCc2ccc(S(N)(=O)=O)cc2)cc(C2CC(N)C2)n1. The first-order chi connectivity index (χ1) is 11.3. The molecule has 0 aliphatic heterocycles. The third-order valence-corrected chi connectivity index (χ3v) is 5.01. The highest BCUT2D eigenvalue weighted by molar-refractivity contribution is 7.89. The first kappa shape index (κ1) is 22.4. The predicted molar refractivity (Wildman–Crippen MR) is 106 cm³/mol. The Kier molecular flexibility index (Phi) is 7.60. The van der Waals surface area contributed by atoms with Crippen LogP contribution in [0.5, 0.6) is 0 Å². The van der Waals surface area contributed by atoms with Crippen LogP contribution in [0.25, 0.3) is 0 Å². The number of aromatic nitrogens is 2. The standard InChI is InChI=1S/C15H20N6O2S.2ClH/c16-11-5-10(6-11)13-7-14(21-15(17)20-13)19-8-9-1-3-12(4-2-9)24(18,22)23;;/h1-4,7,10-11H,5-6,8,16H2,(H2,18,22,23)(H3,17,19,20,21);2*1H. The molecule has 0 unspecified atom stereocenters. The molecule has 11 heteroatoms. The lowest BCUT2D eigenvalue weighted by molar-refractivity contribution is 0.345. The van der Waals surface area contributed by atoms with Crippen LogP contribution in [0, 0.1) is 0 Å². The zero-order chi connectivity index (χ0) is 17.3. The van der Waals surface area contributed by atoms with E-state index < -0.39 is 10.0 Å². The predicted octanol–water partition coefficient (Wildman–Crippen LogP) is 1.37. The van der Waals surface area contributed by atoms with E-state index in [1.54, 1.807) is 12.1 Å². The van der Waals surface area contributed by atoms with Crippen molar-refractivity contribution in [3.63, 3.8) is 0 Å². The number of sulfonamides is 1. The molecular weight excluding hydrogens is 399 g/mol. The molecule has 0 spiro atoms. The number of nitrogens with zero attached hydrogens (tertiary/aromatic N) is 2. The molecule has 1 saturated carbocycles. The summed E-state index contributed by atoms with van der Waals surface area (Å²) in [5.74, 6) is 1.19. The Bertz CT molecular complexity index is 842. The minimum atomic E-state index is -3.68. The first-order valence-electron chi connectivity index (χ1n) is 7.57. The minimum Gasteiger partial charge on any atom is -0.368 e. The number of rotatable bonds is 5. The fourth-order valence-corrected chi connectivity index (χ4v) is 3.19. The third-order valence-electron chi connectivity index (χ3n) is 4.08. The molecule has 0 saturated heterocycles. The number of nitrogen functional groups attached to an aromatic ring is 1. The van der Waals surface area contributed by atoms with Gasteiger partial charge in [0.2, 0.25) is 16.0 Å². The topological polar surface area (TPSA) is 150 Å². The highest BCUT2D eigenvalue weighted by Crippen LogP contribution is 2.35. The lowest BCUT2D eigenvalue weighted by Gasteiger charge is -2.32. The second-order valence-corrected chi connectivity index (χ2v) is 7.57. The van der Waals surface area contributed by atoms with Gasteiger partial charge in [0.15, 0.2) is 0 Å². The van der Waals surface area contributed by atoms with Gasteiger partial charge in [-0.1, -0.05) is 12.1 Å². The van der Waals surface area contributed by atoms with Gasteiger partial charge in [0.1, 0.15) is 5.82 Å². The molecule has 7 N–H and O–H groups in total. The van der Waals surface area contributed by atoms with Crippen LogP contribution in [0.4, 0.5) is 11.8 Å². The van der Waals surface area contributed by atoms with Crippen molar-refractivity contribution in [1.29, 1.82) is 0 Å². The molecule has 26 heavy (non-hydrogen) atoms. The Morgan fingerprint density at radius 2 is 1.73 bits per heavy atom. The number of nitrogens with one attached hydrogen (secondary N) is 1. The average Bonchev–Trinajstić information content (AvgIpc) is 2.49. The summed E-state index contributed by atoms with van der Waals surface area (Å²) in [4.78, 5) is 8.53. The van der Waals surface area contributed by atoms with Gasteiger partial charge in [0.05, 0.1) is 10.6 Å². The quantitative estimate of drug-likeness (QED) is 0.569. The van der Waals surface area contributed by atoms with Crippen molar-refractivity contribution >= 4 is 46.6 Å². The van der Waals surface area contributed by atoms with Gasteiger partial charge in [-0.2, -0.15) is 4.98 Å². The van der Waals surface area contributed by atoms with E-state index in [4.69, 9.17) is 16.6 Å².